The summed E-state index contributed by atoms with van der Waals surface area (Å²) in [6.07, 6.45) is 7.74. The molecule has 0 amide bonds. The molecule has 0 atom stereocenters. The van der Waals surface area contributed by atoms with E-state index in [0.717, 1.165) is 73.8 Å². The van der Waals surface area contributed by atoms with Crippen LogP contribution in [0.2, 0.25) is 0 Å². The zero-order chi connectivity index (χ0) is 28.6. The quantitative estimate of drug-likeness (QED) is 0.238. The molecule has 214 valence electrons. The number of nitrogens with zero attached hydrogens (tertiary/aromatic N) is 2. The predicted octanol–water partition coefficient (Wildman–Crippen LogP) is 9.65. The molecular formula is C36H46N4Sn. The number of hydrogen-bond acceptors (Lipinski definition) is 2. The normalized spacial score (nSPS) is 13.3. The summed E-state index contributed by atoms with van der Waals surface area (Å²) in [6, 6.07) is 8.89. The van der Waals surface area contributed by atoms with Crippen LogP contribution < -0.4 is 0 Å². The fourth-order valence-corrected chi connectivity index (χ4v) is 7.07. The standard InChI is InChI=1S/C36H46N4.Sn/c1-9-23-25(11-3)33-29(15-7)35-27(13-5)28(14-6)36(40-35)30(16-8)34-26(12-4)24(10-2)32(39-34)20-22-18-17-21(37-22)19-31(23)38-33;/h17-20,37-38H,9-16H2,1-8H3;. The molecule has 2 aliphatic rings. The molecular weight excluding hydrogens is 607 g/mol. The maximum absolute atomic E-state index is 5.57. The molecule has 3 aromatic heterocycles. The average Bonchev–Trinajstić information content (AvgIpc) is 3.73. The Balaban J connectivity index is 0.00000387. The van der Waals surface area contributed by atoms with Crippen molar-refractivity contribution in [3.8, 4) is 0 Å². The molecule has 3 aromatic rings. The molecule has 0 spiro atoms. The van der Waals surface area contributed by atoms with E-state index in [1.54, 1.807) is 0 Å². The minimum Gasteiger partial charge on any atom is -0.355 e. The molecule has 0 aliphatic carbocycles. The second kappa shape index (κ2) is 13.1. The van der Waals surface area contributed by atoms with E-state index >= 15 is 0 Å². The first-order chi connectivity index (χ1) is 19.5. The number of rotatable bonds is 8. The molecule has 4 nitrogen and oxygen atoms in total. The van der Waals surface area contributed by atoms with Gasteiger partial charge in [-0.05, 0) is 109 Å². The Morgan fingerprint density at radius 3 is 1.51 bits per heavy atom. The maximum atomic E-state index is 5.57. The number of H-pyrrole nitrogens is 2. The van der Waals surface area contributed by atoms with Gasteiger partial charge in [0.25, 0.3) is 0 Å². The van der Waals surface area contributed by atoms with E-state index in [0.29, 0.717) is 0 Å². The Hall–Kier alpha value is -2.60. The summed E-state index contributed by atoms with van der Waals surface area (Å²) in [7, 11) is 0. The van der Waals surface area contributed by atoms with Gasteiger partial charge in [-0.3, -0.25) is 0 Å². The Morgan fingerprint density at radius 2 is 0.976 bits per heavy atom. The summed E-state index contributed by atoms with van der Waals surface area (Å²) in [6.45, 7) is 18.2. The monoisotopic (exact) mass is 654 g/mol. The van der Waals surface area contributed by atoms with Crippen LogP contribution in [-0.2, 0) is 25.7 Å². The van der Waals surface area contributed by atoms with Gasteiger partial charge in [0.15, 0.2) is 0 Å². The van der Waals surface area contributed by atoms with Gasteiger partial charge in [0.1, 0.15) is 0 Å². The fourth-order valence-electron chi connectivity index (χ4n) is 7.07. The van der Waals surface area contributed by atoms with Crippen molar-refractivity contribution in [3.63, 3.8) is 0 Å². The summed E-state index contributed by atoms with van der Waals surface area (Å²) < 4.78 is 0. The largest absolute Gasteiger partial charge is 0.355 e. The average molecular weight is 654 g/mol. The summed E-state index contributed by atoms with van der Waals surface area (Å²) in [5.41, 5.74) is 20.3. The van der Waals surface area contributed by atoms with Crippen molar-refractivity contribution >= 4 is 68.3 Å². The van der Waals surface area contributed by atoms with Crippen LogP contribution in [0.25, 0.3) is 44.4 Å². The van der Waals surface area contributed by atoms with Crippen LogP contribution in [-0.4, -0.2) is 43.8 Å². The van der Waals surface area contributed by atoms with Crippen LogP contribution in [0.4, 0.5) is 0 Å². The van der Waals surface area contributed by atoms with E-state index in [-0.39, 0.29) is 23.9 Å². The third-order valence-corrected chi connectivity index (χ3v) is 8.91. The van der Waals surface area contributed by atoms with Crippen LogP contribution in [0.15, 0.2) is 24.3 Å². The van der Waals surface area contributed by atoms with Crippen molar-refractivity contribution in [2.24, 2.45) is 0 Å². The summed E-state index contributed by atoms with van der Waals surface area (Å²) in [5, 5.41) is 0. The number of aromatic nitrogens is 4. The topological polar surface area (TPSA) is 57.4 Å². The summed E-state index contributed by atoms with van der Waals surface area (Å²) in [5.74, 6) is 0. The molecule has 41 heavy (non-hydrogen) atoms. The maximum Gasteiger partial charge on any atom is 0.0726 e. The van der Waals surface area contributed by atoms with Gasteiger partial charge >= 0.3 is 0 Å². The Bertz CT molecular complexity index is 1680. The van der Waals surface area contributed by atoms with Gasteiger partial charge in [-0.15, -0.1) is 0 Å². The van der Waals surface area contributed by atoms with Gasteiger partial charge in [-0.2, -0.15) is 0 Å². The second-order valence-corrected chi connectivity index (χ2v) is 10.9. The van der Waals surface area contributed by atoms with Crippen molar-refractivity contribution in [2.45, 2.75) is 107 Å². The number of fused-ring (bicyclic) bond motifs is 8. The third kappa shape index (κ3) is 5.26. The third-order valence-electron chi connectivity index (χ3n) is 8.91. The Morgan fingerprint density at radius 1 is 0.488 bits per heavy atom. The van der Waals surface area contributed by atoms with Crippen molar-refractivity contribution < 1.29 is 0 Å². The zero-order valence-corrected chi connectivity index (χ0v) is 29.2. The number of aryl methyl sites for hydroxylation is 3. The second-order valence-electron chi connectivity index (χ2n) is 10.9. The van der Waals surface area contributed by atoms with Crippen molar-refractivity contribution in [3.05, 3.63) is 69.3 Å². The Labute approximate surface area is 263 Å². The number of nitrogens with one attached hydrogen (secondary N) is 2. The van der Waals surface area contributed by atoms with Gasteiger partial charge in [0.05, 0.1) is 22.8 Å². The minimum atomic E-state index is 0. The molecule has 5 heterocycles. The van der Waals surface area contributed by atoms with Crippen molar-refractivity contribution in [1.82, 2.24) is 19.9 Å². The molecule has 0 saturated heterocycles. The minimum absolute atomic E-state index is 0. The van der Waals surface area contributed by atoms with Gasteiger partial charge in [-0.25, -0.2) is 9.97 Å². The van der Waals surface area contributed by atoms with Gasteiger partial charge in [0.2, 0.25) is 0 Å². The van der Waals surface area contributed by atoms with E-state index in [2.05, 4.69) is 89.6 Å². The number of hydrogen-bond donors (Lipinski definition) is 2. The van der Waals surface area contributed by atoms with Gasteiger partial charge in [-0.1, -0.05) is 55.4 Å². The first-order valence-electron chi connectivity index (χ1n) is 15.7. The smallest absolute Gasteiger partial charge is 0.0726 e. The molecule has 2 N–H and O–H groups in total. The molecule has 2 aliphatic heterocycles. The first kappa shape index (κ1) is 31.3. The van der Waals surface area contributed by atoms with E-state index in [1.165, 1.54) is 67.0 Å². The van der Waals surface area contributed by atoms with Gasteiger partial charge in [0, 0.05) is 57.1 Å². The summed E-state index contributed by atoms with van der Waals surface area (Å²) in [4.78, 5) is 18.5. The molecule has 4 radical (unpaired) electrons. The molecule has 0 saturated carbocycles. The molecule has 0 aromatic carbocycles. The van der Waals surface area contributed by atoms with Gasteiger partial charge < -0.3 is 9.97 Å². The van der Waals surface area contributed by atoms with E-state index < -0.39 is 0 Å². The molecule has 0 unspecified atom stereocenters. The molecule has 5 rings (SSSR count). The first-order valence-corrected chi connectivity index (χ1v) is 15.7. The van der Waals surface area contributed by atoms with E-state index in [1.807, 2.05) is 0 Å². The van der Waals surface area contributed by atoms with Crippen LogP contribution in [0.5, 0.6) is 0 Å². The van der Waals surface area contributed by atoms with E-state index in [9.17, 15) is 0 Å². The molecule has 8 bridgehead atoms. The predicted molar refractivity (Wildman–Crippen MR) is 179 cm³/mol. The number of aromatic amines is 2. The van der Waals surface area contributed by atoms with Crippen LogP contribution >= 0.6 is 0 Å². The van der Waals surface area contributed by atoms with Crippen molar-refractivity contribution in [2.75, 3.05) is 0 Å². The number of allylic oxidation sites excluding steroid dienone is 4. The van der Waals surface area contributed by atoms with E-state index in [4.69, 9.17) is 9.97 Å². The van der Waals surface area contributed by atoms with Crippen LogP contribution in [0.1, 0.15) is 126 Å². The summed E-state index contributed by atoms with van der Waals surface area (Å²) >= 11 is 0. The van der Waals surface area contributed by atoms with Crippen LogP contribution in [0, 0.1) is 0 Å². The van der Waals surface area contributed by atoms with Crippen molar-refractivity contribution in [1.29, 1.82) is 0 Å². The zero-order valence-electron chi connectivity index (χ0n) is 26.4. The SMILES string of the molecule is CCC1=C(CC)c2nc1cc1ccc(cc3[nH]c(c(CC)c4nc(c2CC)C(CC)=C4CC)c(CC)c3CC)[nH]1.[Sn]. The fraction of sp³-hybridized carbons (Fsp3) is 0.444. The van der Waals surface area contributed by atoms with Crippen LogP contribution in [0.3, 0.4) is 0 Å². The molecule has 5 heteroatoms. The Kier molecular flexibility index (Phi) is 10.0. The molecule has 0 fully saturated rings.